The molecule has 1 aliphatic carbocycles. The molecule has 1 aromatic rings. The molecule has 1 saturated carbocycles. The van der Waals surface area contributed by atoms with Gasteiger partial charge >= 0.3 is 0 Å². The van der Waals surface area contributed by atoms with Crippen molar-refractivity contribution in [1.29, 1.82) is 0 Å². The van der Waals surface area contributed by atoms with Gasteiger partial charge in [-0.1, -0.05) is 38.1 Å². The molecule has 0 aliphatic heterocycles. The van der Waals surface area contributed by atoms with E-state index >= 15 is 0 Å². The lowest BCUT2D eigenvalue weighted by Gasteiger charge is -2.20. The minimum atomic E-state index is 0.981. The average Bonchev–Trinajstić information content (AvgIpc) is 3.23. The minimum Gasteiger partial charge on any atom is -0.313 e. The van der Waals surface area contributed by atoms with Crippen LogP contribution in [0, 0.1) is 5.92 Å². The zero-order valence-electron chi connectivity index (χ0n) is 12.5. The Morgan fingerprint density at radius 2 is 2.00 bits per heavy atom. The summed E-state index contributed by atoms with van der Waals surface area (Å²) in [5.41, 5.74) is 2.87. The van der Waals surface area contributed by atoms with Crippen LogP contribution in [-0.2, 0) is 13.1 Å². The summed E-state index contributed by atoms with van der Waals surface area (Å²) in [5, 5.41) is 3.47. The molecule has 1 aromatic carbocycles. The highest BCUT2D eigenvalue weighted by Gasteiger charge is 2.23. The maximum atomic E-state index is 3.47. The van der Waals surface area contributed by atoms with Gasteiger partial charge in [-0.15, -0.1) is 0 Å². The summed E-state index contributed by atoms with van der Waals surface area (Å²) < 4.78 is 0. The Bertz CT molecular complexity index is 371. The average molecular weight is 260 g/mol. The van der Waals surface area contributed by atoms with E-state index in [2.05, 4.69) is 48.3 Å². The van der Waals surface area contributed by atoms with Crippen LogP contribution in [0.25, 0.3) is 0 Å². The number of nitrogens with zero attached hydrogens (tertiary/aromatic N) is 1. The monoisotopic (exact) mass is 260 g/mol. The zero-order valence-corrected chi connectivity index (χ0v) is 12.5. The van der Waals surface area contributed by atoms with Crippen LogP contribution in [0.1, 0.15) is 44.2 Å². The summed E-state index contributed by atoms with van der Waals surface area (Å²) in [5.74, 6) is 0.981. The maximum absolute atomic E-state index is 3.47. The van der Waals surface area contributed by atoms with Crippen LogP contribution in [0.15, 0.2) is 24.3 Å². The molecule has 0 spiro atoms. The fourth-order valence-corrected chi connectivity index (χ4v) is 2.48. The fraction of sp³-hybridized carbons (Fsp3) is 0.647. The zero-order chi connectivity index (χ0) is 13.5. The predicted octanol–water partition coefficient (Wildman–Crippen LogP) is 3.42. The molecule has 1 aliphatic rings. The second-order valence-corrected chi connectivity index (χ2v) is 5.77. The highest BCUT2D eigenvalue weighted by Crippen LogP contribution is 2.30. The minimum absolute atomic E-state index is 0.981. The Kier molecular flexibility index (Phi) is 5.87. The van der Waals surface area contributed by atoms with Crippen molar-refractivity contribution in [3.05, 3.63) is 35.4 Å². The summed E-state index contributed by atoms with van der Waals surface area (Å²) in [4.78, 5) is 2.58. The van der Waals surface area contributed by atoms with Crippen molar-refractivity contribution in [1.82, 2.24) is 10.2 Å². The third kappa shape index (κ3) is 5.33. The van der Waals surface area contributed by atoms with Crippen LogP contribution in [-0.4, -0.2) is 24.5 Å². The van der Waals surface area contributed by atoms with Gasteiger partial charge in [0, 0.05) is 19.6 Å². The highest BCUT2D eigenvalue weighted by atomic mass is 15.1. The van der Waals surface area contributed by atoms with Gasteiger partial charge in [-0.3, -0.25) is 4.90 Å². The van der Waals surface area contributed by atoms with Gasteiger partial charge in [-0.25, -0.2) is 0 Å². The summed E-state index contributed by atoms with van der Waals surface area (Å²) in [6.07, 6.45) is 4.08. The van der Waals surface area contributed by atoms with Gasteiger partial charge in [0.2, 0.25) is 0 Å². The Labute approximate surface area is 118 Å². The molecule has 0 saturated heterocycles. The lowest BCUT2D eigenvalue weighted by atomic mass is 10.1. The first-order chi connectivity index (χ1) is 9.31. The first kappa shape index (κ1) is 14.5. The van der Waals surface area contributed by atoms with E-state index in [0.29, 0.717) is 0 Å². The van der Waals surface area contributed by atoms with Gasteiger partial charge in [-0.2, -0.15) is 0 Å². The third-order valence-electron chi connectivity index (χ3n) is 3.81. The quantitative estimate of drug-likeness (QED) is 0.684. The first-order valence-electron chi connectivity index (χ1n) is 7.82. The van der Waals surface area contributed by atoms with Crippen molar-refractivity contribution in [2.75, 3.05) is 19.6 Å². The Morgan fingerprint density at radius 3 is 2.68 bits per heavy atom. The molecule has 0 aromatic heterocycles. The summed E-state index contributed by atoms with van der Waals surface area (Å²) in [6, 6.07) is 9.05. The molecule has 1 fully saturated rings. The number of rotatable bonds is 9. The van der Waals surface area contributed by atoms with E-state index in [4.69, 9.17) is 0 Å². The molecule has 2 heteroatoms. The van der Waals surface area contributed by atoms with Gasteiger partial charge in [0.05, 0.1) is 0 Å². The van der Waals surface area contributed by atoms with Gasteiger partial charge in [0.15, 0.2) is 0 Å². The van der Waals surface area contributed by atoms with Crippen molar-refractivity contribution in [3.8, 4) is 0 Å². The molecule has 0 bridgehead atoms. The van der Waals surface area contributed by atoms with Crippen molar-refractivity contribution < 1.29 is 0 Å². The first-order valence-corrected chi connectivity index (χ1v) is 7.82. The summed E-state index contributed by atoms with van der Waals surface area (Å²) >= 11 is 0. The lowest BCUT2D eigenvalue weighted by molar-refractivity contribution is 0.268. The molecule has 0 unspecified atom stereocenters. The third-order valence-corrected chi connectivity index (χ3v) is 3.81. The SMILES string of the molecule is CCCNCc1cccc(CN(CC)CC2CC2)c1. The van der Waals surface area contributed by atoms with E-state index in [0.717, 1.165) is 32.1 Å². The van der Waals surface area contributed by atoms with E-state index < -0.39 is 0 Å². The lowest BCUT2D eigenvalue weighted by Crippen LogP contribution is -2.25. The summed E-state index contributed by atoms with van der Waals surface area (Å²) in [6.45, 7) is 10.1. The van der Waals surface area contributed by atoms with Crippen molar-refractivity contribution in [2.45, 2.75) is 46.2 Å². The molecule has 2 nitrogen and oxygen atoms in total. The van der Waals surface area contributed by atoms with Crippen LogP contribution in [0.2, 0.25) is 0 Å². The number of nitrogens with one attached hydrogen (secondary N) is 1. The van der Waals surface area contributed by atoms with Gasteiger partial charge < -0.3 is 5.32 Å². The molecular weight excluding hydrogens is 232 g/mol. The topological polar surface area (TPSA) is 15.3 Å². The van der Waals surface area contributed by atoms with E-state index in [-0.39, 0.29) is 0 Å². The predicted molar refractivity (Wildman–Crippen MR) is 82.1 cm³/mol. The van der Waals surface area contributed by atoms with E-state index in [1.165, 1.54) is 36.9 Å². The number of hydrogen-bond acceptors (Lipinski definition) is 2. The molecule has 0 radical (unpaired) electrons. The van der Waals surface area contributed by atoms with Crippen LogP contribution in [0.3, 0.4) is 0 Å². The van der Waals surface area contributed by atoms with Crippen LogP contribution < -0.4 is 5.32 Å². The molecule has 0 atom stereocenters. The van der Waals surface area contributed by atoms with Crippen LogP contribution in [0.4, 0.5) is 0 Å². The van der Waals surface area contributed by atoms with Crippen molar-refractivity contribution >= 4 is 0 Å². The van der Waals surface area contributed by atoms with Crippen molar-refractivity contribution in [3.63, 3.8) is 0 Å². The van der Waals surface area contributed by atoms with Crippen LogP contribution in [0.5, 0.6) is 0 Å². The normalized spacial score (nSPS) is 15.1. The molecule has 0 amide bonds. The highest BCUT2D eigenvalue weighted by molar-refractivity contribution is 5.23. The summed E-state index contributed by atoms with van der Waals surface area (Å²) in [7, 11) is 0. The smallest absolute Gasteiger partial charge is 0.0233 e. The molecule has 19 heavy (non-hydrogen) atoms. The van der Waals surface area contributed by atoms with E-state index in [1.54, 1.807) is 0 Å². The van der Waals surface area contributed by atoms with Crippen molar-refractivity contribution in [2.24, 2.45) is 5.92 Å². The standard InChI is InChI=1S/C17H28N2/c1-3-10-18-12-16-6-5-7-17(11-16)14-19(4-2)13-15-8-9-15/h5-7,11,15,18H,3-4,8-10,12-14H2,1-2H3. The second-order valence-electron chi connectivity index (χ2n) is 5.77. The maximum Gasteiger partial charge on any atom is 0.0233 e. The Morgan fingerprint density at radius 1 is 1.21 bits per heavy atom. The molecule has 2 rings (SSSR count). The van der Waals surface area contributed by atoms with E-state index in [9.17, 15) is 0 Å². The second kappa shape index (κ2) is 7.66. The Hall–Kier alpha value is -0.860. The van der Waals surface area contributed by atoms with E-state index in [1.807, 2.05) is 0 Å². The molecule has 1 N–H and O–H groups in total. The van der Waals surface area contributed by atoms with Crippen LogP contribution >= 0.6 is 0 Å². The number of hydrogen-bond donors (Lipinski definition) is 1. The largest absolute Gasteiger partial charge is 0.313 e. The van der Waals surface area contributed by atoms with Gasteiger partial charge in [0.1, 0.15) is 0 Å². The molecule has 106 valence electrons. The molecule has 0 heterocycles. The Balaban J connectivity index is 1.85. The fourth-order valence-electron chi connectivity index (χ4n) is 2.48. The number of benzene rings is 1. The van der Waals surface area contributed by atoms with Gasteiger partial charge in [-0.05, 0) is 49.4 Å². The molecular formula is C17H28N2. The van der Waals surface area contributed by atoms with Gasteiger partial charge in [0.25, 0.3) is 0 Å².